The second-order valence-corrected chi connectivity index (χ2v) is 6.12. The van der Waals surface area contributed by atoms with E-state index in [0.717, 1.165) is 43.0 Å². The molecule has 0 saturated carbocycles. The number of hydrogen-bond acceptors (Lipinski definition) is 3. The predicted octanol–water partition coefficient (Wildman–Crippen LogP) is 1.97. The molecule has 0 aromatic carbocycles. The van der Waals surface area contributed by atoms with Gasteiger partial charge in [0.2, 0.25) is 5.28 Å². The number of aryl methyl sites for hydroxylation is 1. The molecule has 1 aromatic rings. The largest absolute Gasteiger partial charge is 0.299 e. The summed E-state index contributed by atoms with van der Waals surface area (Å²) in [4.78, 5) is 0. The van der Waals surface area contributed by atoms with Crippen LogP contribution in [0.5, 0.6) is 0 Å². The number of nitrogens with zero attached hydrogens (tertiary/aromatic N) is 3. The molecule has 1 fully saturated rings. The molecule has 0 atom stereocenters. The topological polar surface area (TPSA) is 47.8 Å². The molecule has 0 unspecified atom stereocenters. The van der Waals surface area contributed by atoms with Gasteiger partial charge in [0.15, 0.2) is 0 Å². The lowest BCUT2D eigenvalue weighted by Crippen LogP contribution is -2.23. The Bertz CT molecular complexity index is 383. The Morgan fingerprint density at radius 2 is 2.12 bits per heavy atom. The highest BCUT2D eigenvalue weighted by Crippen LogP contribution is 2.27. The van der Waals surface area contributed by atoms with Gasteiger partial charge in [0, 0.05) is 34.8 Å². The van der Waals surface area contributed by atoms with E-state index < -0.39 is 10.8 Å². The van der Waals surface area contributed by atoms with E-state index in [4.69, 9.17) is 11.6 Å². The monoisotopic (exact) mass is 261 g/mol. The van der Waals surface area contributed by atoms with Crippen LogP contribution in [0.1, 0.15) is 38.1 Å². The summed E-state index contributed by atoms with van der Waals surface area (Å²) >= 11 is 6.06. The standard InChI is InChI=1S/C10H16ClN3OS/c1-2-3-9-12-13-10(11)14(9)8-4-6-16(15)7-5-8/h8H,2-7H2,1H3. The number of aromatic nitrogens is 3. The van der Waals surface area contributed by atoms with Gasteiger partial charge in [0.1, 0.15) is 5.82 Å². The Hall–Kier alpha value is -0.420. The van der Waals surface area contributed by atoms with Crippen molar-refractivity contribution in [3.63, 3.8) is 0 Å². The second kappa shape index (κ2) is 5.27. The van der Waals surface area contributed by atoms with Crippen LogP contribution in [-0.2, 0) is 17.2 Å². The lowest BCUT2D eigenvalue weighted by atomic mass is 10.1. The van der Waals surface area contributed by atoms with Crippen molar-refractivity contribution in [2.45, 2.75) is 38.6 Å². The van der Waals surface area contributed by atoms with Crippen molar-refractivity contribution in [2.24, 2.45) is 0 Å². The quantitative estimate of drug-likeness (QED) is 0.836. The number of rotatable bonds is 3. The minimum absolute atomic E-state index is 0.335. The number of halogens is 1. The molecule has 16 heavy (non-hydrogen) atoms. The van der Waals surface area contributed by atoms with Crippen LogP contribution in [0.15, 0.2) is 0 Å². The van der Waals surface area contributed by atoms with Gasteiger partial charge in [-0.2, -0.15) is 0 Å². The third kappa shape index (κ3) is 2.46. The van der Waals surface area contributed by atoms with Gasteiger partial charge in [-0.3, -0.25) is 8.78 Å². The molecule has 2 rings (SSSR count). The predicted molar refractivity (Wildman–Crippen MR) is 65.2 cm³/mol. The highest BCUT2D eigenvalue weighted by Gasteiger charge is 2.23. The molecule has 0 amide bonds. The Kier molecular flexibility index (Phi) is 3.97. The van der Waals surface area contributed by atoms with E-state index in [1.165, 1.54) is 0 Å². The van der Waals surface area contributed by atoms with Crippen LogP contribution in [0, 0.1) is 0 Å². The van der Waals surface area contributed by atoms with Crippen molar-refractivity contribution in [1.82, 2.24) is 14.8 Å². The maximum Gasteiger partial charge on any atom is 0.225 e. The Morgan fingerprint density at radius 3 is 2.75 bits per heavy atom. The fraction of sp³-hybridized carbons (Fsp3) is 0.800. The first kappa shape index (κ1) is 12.0. The van der Waals surface area contributed by atoms with Crippen LogP contribution >= 0.6 is 11.6 Å². The third-order valence-electron chi connectivity index (χ3n) is 2.92. The summed E-state index contributed by atoms with van der Waals surface area (Å²) in [6.07, 6.45) is 3.77. The van der Waals surface area contributed by atoms with Crippen LogP contribution < -0.4 is 0 Å². The lowest BCUT2D eigenvalue weighted by Gasteiger charge is -2.24. The Morgan fingerprint density at radius 1 is 1.44 bits per heavy atom. The molecule has 1 saturated heterocycles. The molecule has 0 radical (unpaired) electrons. The average Bonchev–Trinajstić information content (AvgIpc) is 2.62. The zero-order valence-electron chi connectivity index (χ0n) is 9.36. The van der Waals surface area contributed by atoms with Gasteiger partial charge in [-0.25, -0.2) is 0 Å². The molecule has 90 valence electrons. The second-order valence-electron chi connectivity index (χ2n) is 4.08. The van der Waals surface area contributed by atoms with Gasteiger partial charge >= 0.3 is 0 Å². The summed E-state index contributed by atoms with van der Waals surface area (Å²) in [6, 6.07) is 0.335. The molecular weight excluding hydrogens is 246 g/mol. The summed E-state index contributed by atoms with van der Waals surface area (Å²) in [7, 11) is -0.637. The minimum Gasteiger partial charge on any atom is -0.299 e. The van der Waals surface area contributed by atoms with Gasteiger partial charge in [0.05, 0.1) is 0 Å². The van der Waals surface area contributed by atoms with Crippen molar-refractivity contribution in [3.8, 4) is 0 Å². The Balaban J connectivity index is 2.18. The van der Waals surface area contributed by atoms with E-state index in [9.17, 15) is 4.21 Å². The van der Waals surface area contributed by atoms with Crippen molar-refractivity contribution in [1.29, 1.82) is 0 Å². The van der Waals surface area contributed by atoms with Crippen molar-refractivity contribution < 1.29 is 4.21 Å². The fourth-order valence-electron chi connectivity index (χ4n) is 2.10. The van der Waals surface area contributed by atoms with Crippen LogP contribution in [-0.4, -0.2) is 30.5 Å². The molecule has 0 bridgehead atoms. The van der Waals surface area contributed by atoms with Gasteiger partial charge in [-0.1, -0.05) is 6.92 Å². The Labute approximate surface area is 103 Å². The van der Waals surface area contributed by atoms with E-state index in [0.29, 0.717) is 11.3 Å². The summed E-state index contributed by atoms with van der Waals surface area (Å²) in [5, 5.41) is 8.51. The molecule has 1 aromatic heterocycles. The first-order valence-electron chi connectivity index (χ1n) is 5.66. The van der Waals surface area contributed by atoms with E-state index in [1.54, 1.807) is 0 Å². The van der Waals surface area contributed by atoms with E-state index in [2.05, 4.69) is 17.1 Å². The summed E-state index contributed by atoms with van der Waals surface area (Å²) in [5.41, 5.74) is 0. The first-order valence-corrected chi connectivity index (χ1v) is 7.53. The van der Waals surface area contributed by atoms with E-state index >= 15 is 0 Å². The third-order valence-corrected chi connectivity index (χ3v) is 4.56. The molecule has 0 spiro atoms. The first-order chi connectivity index (χ1) is 7.72. The maximum absolute atomic E-state index is 11.3. The van der Waals surface area contributed by atoms with E-state index in [-0.39, 0.29) is 0 Å². The van der Waals surface area contributed by atoms with Gasteiger partial charge < -0.3 is 0 Å². The maximum atomic E-state index is 11.3. The zero-order valence-corrected chi connectivity index (χ0v) is 10.9. The molecule has 6 heteroatoms. The van der Waals surface area contributed by atoms with Gasteiger partial charge in [-0.15, -0.1) is 10.2 Å². The van der Waals surface area contributed by atoms with Gasteiger partial charge in [0.25, 0.3) is 0 Å². The van der Waals surface area contributed by atoms with Crippen LogP contribution in [0.4, 0.5) is 0 Å². The molecule has 0 aliphatic carbocycles. The van der Waals surface area contributed by atoms with E-state index in [1.807, 2.05) is 4.57 Å². The van der Waals surface area contributed by atoms with Crippen LogP contribution in [0.2, 0.25) is 5.28 Å². The smallest absolute Gasteiger partial charge is 0.225 e. The number of hydrogen-bond donors (Lipinski definition) is 0. The summed E-state index contributed by atoms with van der Waals surface area (Å²) < 4.78 is 13.3. The normalized spacial score (nSPS) is 25.9. The SMILES string of the molecule is CCCc1nnc(Cl)n1C1CCS(=O)CC1. The molecule has 4 nitrogen and oxygen atoms in total. The fourth-order valence-corrected chi connectivity index (χ4v) is 3.64. The molecule has 2 heterocycles. The van der Waals surface area contributed by atoms with Crippen molar-refractivity contribution in [3.05, 3.63) is 11.1 Å². The molecule has 0 N–H and O–H groups in total. The van der Waals surface area contributed by atoms with Crippen LogP contribution in [0.3, 0.4) is 0 Å². The minimum atomic E-state index is -0.637. The molecule has 1 aliphatic rings. The highest BCUT2D eigenvalue weighted by molar-refractivity contribution is 7.85. The summed E-state index contributed by atoms with van der Waals surface area (Å²) in [6.45, 7) is 2.11. The van der Waals surface area contributed by atoms with Crippen LogP contribution in [0.25, 0.3) is 0 Å². The highest BCUT2D eigenvalue weighted by atomic mass is 35.5. The average molecular weight is 262 g/mol. The lowest BCUT2D eigenvalue weighted by molar-refractivity contribution is 0.446. The zero-order chi connectivity index (χ0) is 11.5. The van der Waals surface area contributed by atoms with Crippen molar-refractivity contribution >= 4 is 22.4 Å². The summed E-state index contributed by atoms with van der Waals surface area (Å²) in [5.74, 6) is 2.50. The molecular formula is C10H16ClN3OS. The molecule has 1 aliphatic heterocycles. The van der Waals surface area contributed by atoms with Crippen molar-refractivity contribution in [2.75, 3.05) is 11.5 Å². The van der Waals surface area contributed by atoms with Gasteiger partial charge in [-0.05, 0) is 30.9 Å².